The summed E-state index contributed by atoms with van der Waals surface area (Å²) in [6, 6.07) is 6.52. The lowest BCUT2D eigenvalue weighted by molar-refractivity contribution is -0.151. The number of esters is 1. The normalized spacial score (nSPS) is 12.5. The summed E-state index contributed by atoms with van der Waals surface area (Å²) in [7, 11) is 0. The predicted octanol–water partition coefficient (Wildman–Crippen LogP) is 4.29. The van der Waals surface area contributed by atoms with E-state index in [0.29, 0.717) is 15.2 Å². The molecule has 1 aromatic carbocycles. The summed E-state index contributed by atoms with van der Waals surface area (Å²) in [5.41, 5.74) is 1.40. The highest BCUT2D eigenvalue weighted by Crippen LogP contribution is 2.31. The Labute approximate surface area is 153 Å². The van der Waals surface area contributed by atoms with Crippen molar-refractivity contribution < 1.29 is 9.53 Å². The lowest BCUT2D eigenvalue weighted by Crippen LogP contribution is -2.30. The maximum Gasteiger partial charge on any atom is 0.329 e. The molecule has 0 aliphatic rings. The van der Waals surface area contributed by atoms with Gasteiger partial charge in [-0.2, -0.15) is 0 Å². The lowest BCUT2D eigenvalue weighted by Gasteiger charge is -2.16. The molecule has 0 bridgehead atoms. The minimum atomic E-state index is -0.746. The molecule has 0 unspecified atom stereocenters. The van der Waals surface area contributed by atoms with Crippen molar-refractivity contribution in [1.82, 2.24) is 9.55 Å². The maximum atomic E-state index is 13.0. The highest BCUT2D eigenvalue weighted by atomic mass is 35.5. The molecular formula is C18H17ClN2O3S. The number of nitrogens with zero attached hydrogens (tertiary/aromatic N) is 2. The van der Waals surface area contributed by atoms with Gasteiger partial charge in [-0.1, -0.05) is 23.7 Å². The van der Waals surface area contributed by atoms with Gasteiger partial charge in [-0.25, -0.2) is 9.78 Å². The van der Waals surface area contributed by atoms with E-state index in [1.165, 1.54) is 22.2 Å². The number of carbonyl (C=O) groups is 1. The summed E-state index contributed by atoms with van der Waals surface area (Å²) >= 11 is 7.33. The van der Waals surface area contributed by atoms with Gasteiger partial charge in [0.1, 0.15) is 10.9 Å². The van der Waals surface area contributed by atoms with Gasteiger partial charge >= 0.3 is 5.97 Å². The molecule has 0 fully saturated rings. The van der Waals surface area contributed by atoms with Gasteiger partial charge in [0, 0.05) is 16.0 Å². The van der Waals surface area contributed by atoms with Crippen LogP contribution >= 0.6 is 22.9 Å². The summed E-state index contributed by atoms with van der Waals surface area (Å²) in [6.07, 6.45) is 1.16. The van der Waals surface area contributed by atoms with Crippen LogP contribution in [0.4, 0.5) is 0 Å². The molecule has 0 radical (unpaired) electrons. The maximum absolute atomic E-state index is 13.0. The molecule has 3 rings (SSSR count). The fourth-order valence-electron chi connectivity index (χ4n) is 2.51. The first-order chi connectivity index (χ1) is 11.9. The third kappa shape index (κ3) is 3.45. The van der Waals surface area contributed by atoms with Crippen molar-refractivity contribution in [2.24, 2.45) is 0 Å². The Bertz CT molecular complexity index is 976. The zero-order valence-electron chi connectivity index (χ0n) is 14.0. The SMILES string of the molecule is CC(C)OC(=O)[C@@H](C)n1cnc2scc(-c3ccc(Cl)cc3)c2c1=O. The van der Waals surface area contributed by atoms with Crippen LogP contribution in [0.1, 0.15) is 26.8 Å². The van der Waals surface area contributed by atoms with Crippen molar-refractivity contribution in [3.8, 4) is 11.1 Å². The molecule has 1 atom stereocenters. The molecule has 2 heterocycles. The zero-order valence-corrected chi connectivity index (χ0v) is 15.6. The third-order valence-electron chi connectivity index (χ3n) is 3.78. The minimum Gasteiger partial charge on any atom is -0.461 e. The number of hydrogen-bond acceptors (Lipinski definition) is 5. The monoisotopic (exact) mass is 376 g/mol. The number of rotatable bonds is 4. The molecule has 0 saturated carbocycles. The molecule has 7 heteroatoms. The van der Waals surface area contributed by atoms with Crippen LogP contribution in [-0.4, -0.2) is 21.6 Å². The molecule has 0 aliphatic heterocycles. The largest absolute Gasteiger partial charge is 0.461 e. The van der Waals surface area contributed by atoms with Crippen molar-refractivity contribution in [3.63, 3.8) is 0 Å². The quantitative estimate of drug-likeness (QED) is 0.637. The number of fused-ring (bicyclic) bond motifs is 1. The first-order valence-electron chi connectivity index (χ1n) is 7.83. The Kier molecular flexibility index (Phi) is 4.92. The molecular weight excluding hydrogens is 360 g/mol. The number of benzene rings is 1. The van der Waals surface area contributed by atoms with Crippen LogP contribution in [0.2, 0.25) is 5.02 Å². The highest BCUT2D eigenvalue weighted by Gasteiger charge is 2.22. The molecule has 0 saturated heterocycles. The van der Waals surface area contributed by atoms with Gasteiger partial charge in [-0.05, 0) is 38.5 Å². The van der Waals surface area contributed by atoms with Crippen molar-refractivity contribution in [2.75, 3.05) is 0 Å². The molecule has 2 aromatic heterocycles. The van der Waals surface area contributed by atoms with Gasteiger partial charge in [0.25, 0.3) is 5.56 Å². The van der Waals surface area contributed by atoms with Crippen molar-refractivity contribution in [1.29, 1.82) is 0 Å². The fraction of sp³-hybridized carbons (Fsp3) is 0.278. The summed E-state index contributed by atoms with van der Waals surface area (Å²) in [4.78, 5) is 30.1. The van der Waals surface area contributed by atoms with E-state index in [9.17, 15) is 9.59 Å². The number of thiophene rings is 1. The van der Waals surface area contributed by atoms with Gasteiger partial charge in [-0.3, -0.25) is 9.36 Å². The molecule has 0 spiro atoms. The Morgan fingerprint density at radius 3 is 2.56 bits per heavy atom. The van der Waals surface area contributed by atoms with Crippen LogP contribution in [0.3, 0.4) is 0 Å². The number of ether oxygens (including phenoxy) is 1. The fourth-order valence-corrected chi connectivity index (χ4v) is 3.54. The Balaban J connectivity index is 2.10. The Morgan fingerprint density at radius 1 is 1.24 bits per heavy atom. The standard InChI is InChI=1S/C18H17ClN2O3S/c1-10(2)24-18(23)11(3)21-9-20-16-15(17(21)22)14(8-25-16)12-4-6-13(19)7-5-12/h4-11H,1-3H3/t11-/m1/s1. The molecule has 3 aromatic rings. The highest BCUT2D eigenvalue weighted by molar-refractivity contribution is 7.17. The minimum absolute atomic E-state index is 0.242. The van der Waals surface area contributed by atoms with E-state index < -0.39 is 12.0 Å². The second-order valence-electron chi connectivity index (χ2n) is 5.96. The van der Waals surface area contributed by atoms with E-state index in [0.717, 1.165) is 11.1 Å². The van der Waals surface area contributed by atoms with E-state index in [2.05, 4.69) is 4.98 Å². The van der Waals surface area contributed by atoms with Gasteiger partial charge in [-0.15, -0.1) is 11.3 Å². The Hall–Kier alpha value is -2.18. The van der Waals surface area contributed by atoms with E-state index in [-0.39, 0.29) is 11.7 Å². The van der Waals surface area contributed by atoms with Gasteiger partial charge in [0.05, 0.1) is 17.8 Å². The van der Waals surface area contributed by atoms with Gasteiger partial charge < -0.3 is 4.74 Å². The van der Waals surface area contributed by atoms with Gasteiger partial charge in [0.15, 0.2) is 0 Å². The van der Waals surface area contributed by atoms with E-state index in [1.54, 1.807) is 32.9 Å². The summed E-state index contributed by atoms with van der Waals surface area (Å²) in [5.74, 6) is -0.457. The summed E-state index contributed by atoms with van der Waals surface area (Å²) in [5, 5.41) is 3.02. The average Bonchev–Trinajstić information content (AvgIpc) is 2.99. The van der Waals surface area contributed by atoms with Crippen LogP contribution < -0.4 is 5.56 Å². The van der Waals surface area contributed by atoms with Crippen LogP contribution in [0.15, 0.2) is 40.8 Å². The van der Waals surface area contributed by atoms with Gasteiger partial charge in [0.2, 0.25) is 0 Å². The van der Waals surface area contributed by atoms with Crippen molar-refractivity contribution >= 4 is 39.1 Å². The second kappa shape index (κ2) is 6.98. The predicted molar refractivity (Wildman–Crippen MR) is 100 cm³/mol. The van der Waals surface area contributed by atoms with Crippen molar-refractivity contribution in [3.05, 3.63) is 51.3 Å². The second-order valence-corrected chi connectivity index (χ2v) is 7.25. The van der Waals surface area contributed by atoms with Crippen molar-refractivity contribution in [2.45, 2.75) is 32.9 Å². The topological polar surface area (TPSA) is 61.2 Å². The molecule has 130 valence electrons. The first kappa shape index (κ1) is 17.6. The summed E-state index contributed by atoms with van der Waals surface area (Å²) in [6.45, 7) is 5.17. The van der Waals surface area contributed by atoms with E-state index in [4.69, 9.17) is 16.3 Å². The lowest BCUT2D eigenvalue weighted by atomic mass is 10.1. The van der Waals surface area contributed by atoms with Crippen LogP contribution in [-0.2, 0) is 9.53 Å². The molecule has 25 heavy (non-hydrogen) atoms. The van der Waals surface area contributed by atoms with Crippen LogP contribution in [0.5, 0.6) is 0 Å². The third-order valence-corrected chi connectivity index (χ3v) is 4.92. The molecule has 0 aliphatic carbocycles. The number of aromatic nitrogens is 2. The van der Waals surface area contributed by atoms with E-state index >= 15 is 0 Å². The number of carbonyl (C=O) groups excluding carboxylic acids is 1. The average molecular weight is 377 g/mol. The molecule has 5 nitrogen and oxygen atoms in total. The molecule has 0 N–H and O–H groups in total. The number of hydrogen-bond donors (Lipinski definition) is 0. The molecule has 0 amide bonds. The van der Waals surface area contributed by atoms with Crippen LogP contribution in [0.25, 0.3) is 21.3 Å². The zero-order chi connectivity index (χ0) is 18.1. The van der Waals surface area contributed by atoms with E-state index in [1.807, 2.05) is 17.5 Å². The summed E-state index contributed by atoms with van der Waals surface area (Å²) < 4.78 is 6.52. The smallest absolute Gasteiger partial charge is 0.329 e. The Morgan fingerprint density at radius 2 is 1.92 bits per heavy atom. The van der Waals surface area contributed by atoms with Crippen LogP contribution in [0, 0.1) is 0 Å². The first-order valence-corrected chi connectivity index (χ1v) is 9.09. The number of halogens is 1.